The monoisotopic (exact) mass is 300 g/mol. The molecule has 4 heteroatoms. The maximum absolute atomic E-state index is 12.7. The highest BCUT2D eigenvalue weighted by molar-refractivity contribution is 9.10. The zero-order chi connectivity index (χ0) is 11.5. The molecule has 0 aliphatic carbocycles. The minimum Gasteiger partial charge on any atom is -0.455 e. The van der Waals surface area contributed by atoms with Crippen molar-refractivity contribution in [3.63, 3.8) is 0 Å². The van der Waals surface area contributed by atoms with Gasteiger partial charge in [-0.2, -0.15) is 0 Å². The lowest BCUT2D eigenvalue weighted by molar-refractivity contribution is 0.478. The molecule has 2 rings (SSSR count). The molecule has 0 radical (unpaired) electrons. The molecule has 0 unspecified atom stereocenters. The van der Waals surface area contributed by atoms with Crippen molar-refractivity contribution in [3.8, 4) is 11.5 Å². The lowest BCUT2D eigenvalue weighted by Gasteiger charge is -2.09. The van der Waals surface area contributed by atoms with Crippen LogP contribution in [0.5, 0.6) is 11.5 Å². The van der Waals surface area contributed by atoms with Gasteiger partial charge in [-0.3, -0.25) is 0 Å². The average Bonchev–Trinajstić information content (AvgIpc) is 2.26. The zero-order valence-corrected chi connectivity index (χ0v) is 10.4. The van der Waals surface area contributed by atoms with Crippen molar-refractivity contribution in [3.05, 3.63) is 57.8 Å². The van der Waals surface area contributed by atoms with Crippen LogP contribution < -0.4 is 4.74 Å². The molecule has 82 valence electrons. The van der Waals surface area contributed by atoms with E-state index in [4.69, 9.17) is 16.3 Å². The summed E-state index contributed by atoms with van der Waals surface area (Å²) in [5.74, 6) is 0.761. The Morgan fingerprint density at radius 2 is 1.75 bits per heavy atom. The highest BCUT2D eigenvalue weighted by Crippen LogP contribution is 2.36. The first-order valence-electron chi connectivity index (χ1n) is 4.54. The fourth-order valence-corrected chi connectivity index (χ4v) is 1.97. The Balaban J connectivity index is 2.30. The number of hydrogen-bond donors (Lipinski definition) is 0. The van der Waals surface area contributed by atoms with Gasteiger partial charge in [0.05, 0.1) is 9.50 Å². The number of ether oxygens (including phenoxy) is 1. The summed E-state index contributed by atoms with van der Waals surface area (Å²) in [4.78, 5) is 0. The quantitative estimate of drug-likeness (QED) is 0.755. The minimum atomic E-state index is -0.300. The first-order chi connectivity index (χ1) is 7.66. The van der Waals surface area contributed by atoms with Crippen LogP contribution in [0.25, 0.3) is 0 Å². The van der Waals surface area contributed by atoms with E-state index in [0.29, 0.717) is 16.5 Å². The molecular formula is C12H7BrClFO. The Morgan fingerprint density at radius 1 is 1.06 bits per heavy atom. The Bertz CT molecular complexity index is 479. The SMILES string of the molecule is Fc1ccc(Oc2c(Cl)cccc2Br)cc1. The van der Waals surface area contributed by atoms with E-state index < -0.39 is 0 Å². The van der Waals surface area contributed by atoms with Gasteiger partial charge in [0, 0.05) is 0 Å². The second kappa shape index (κ2) is 4.85. The van der Waals surface area contributed by atoms with Crippen LogP contribution in [0.2, 0.25) is 5.02 Å². The number of benzene rings is 2. The van der Waals surface area contributed by atoms with E-state index in [0.717, 1.165) is 4.47 Å². The van der Waals surface area contributed by atoms with Crippen LogP contribution in [0, 0.1) is 5.82 Å². The lowest BCUT2D eigenvalue weighted by Crippen LogP contribution is -1.86. The van der Waals surface area contributed by atoms with Gasteiger partial charge in [-0.15, -0.1) is 0 Å². The molecule has 0 N–H and O–H groups in total. The fourth-order valence-electron chi connectivity index (χ4n) is 1.20. The van der Waals surface area contributed by atoms with E-state index in [-0.39, 0.29) is 5.82 Å². The maximum atomic E-state index is 12.7. The van der Waals surface area contributed by atoms with Gasteiger partial charge in [0.1, 0.15) is 11.6 Å². The molecule has 0 saturated carbocycles. The number of hydrogen-bond acceptors (Lipinski definition) is 1. The average molecular weight is 302 g/mol. The van der Waals surface area contributed by atoms with Gasteiger partial charge in [0.15, 0.2) is 5.75 Å². The molecule has 0 aromatic heterocycles. The van der Waals surface area contributed by atoms with E-state index in [9.17, 15) is 4.39 Å². The molecule has 0 saturated heterocycles. The Morgan fingerprint density at radius 3 is 2.38 bits per heavy atom. The molecule has 0 spiro atoms. The summed E-state index contributed by atoms with van der Waals surface area (Å²) in [6.07, 6.45) is 0. The second-order valence-electron chi connectivity index (χ2n) is 3.11. The number of rotatable bonds is 2. The zero-order valence-electron chi connectivity index (χ0n) is 8.08. The topological polar surface area (TPSA) is 9.23 Å². The van der Waals surface area contributed by atoms with E-state index in [2.05, 4.69) is 15.9 Å². The van der Waals surface area contributed by atoms with Gasteiger partial charge in [0.25, 0.3) is 0 Å². The van der Waals surface area contributed by atoms with Gasteiger partial charge in [-0.25, -0.2) is 4.39 Å². The van der Waals surface area contributed by atoms with Crippen molar-refractivity contribution < 1.29 is 9.13 Å². The van der Waals surface area contributed by atoms with E-state index in [1.54, 1.807) is 18.2 Å². The van der Waals surface area contributed by atoms with Crippen molar-refractivity contribution >= 4 is 27.5 Å². The highest BCUT2D eigenvalue weighted by atomic mass is 79.9. The number of para-hydroxylation sites is 1. The van der Waals surface area contributed by atoms with Crippen LogP contribution in [0.1, 0.15) is 0 Å². The molecule has 0 aliphatic heterocycles. The lowest BCUT2D eigenvalue weighted by atomic mass is 10.3. The summed E-state index contributed by atoms with van der Waals surface area (Å²) in [5, 5.41) is 0.499. The molecule has 0 atom stereocenters. The summed E-state index contributed by atoms with van der Waals surface area (Å²) in [6.45, 7) is 0. The van der Waals surface area contributed by atoms with Crippen molar-refractivity contribution in [1.82, 2.24) is 0 Å². The van der Waals surface area contributed by atoms with E-state index in [1.807, 2.05) is 12.1 Å². The Hall–Kier alpha value is -1.06. The third-order valence-corrected chi connectivity index (χ3v) is 2.87. The summed E-state index contributed by atoms with van der Waals surface area (Å²) in [7, 11) is 0. The van der Waals surface area contributed by atoms with Crippen LogP contribution in [0.3, 0.4) is 0 Å². The van der Waals surface area contributed by atoms with Gasteiger partial charge in [-0.05, 0) is 52.3 Å². The van der Waals surface area contributed by atoms with Crippen LogP contribution in [0.4, 0.5) is 4.39 Å². The second-order valence-corrected chi connectivity index (χ2v) is 4.37. The van der Waals surface area contributed by atoms with Crippen LogP contribution in [-0.2, 0) is 0 Å². The first kappa shape index (κ1) is 11.4. The smallest absolute Gasteiger partial charge is 0.160 e. The van der Waals surface area contributed by atoms with Crippen molar-refractivity contribution in [2.45, 2.75) is 0 Å². The van der Waals surface area contributed by atoms with Gasteiger partial charge >= 0.3 is 0 Å². The van der Waals surface area contributed by atoms with Gasteiger partial charge in [-0.1, -0.05) is 17.7 Å². The van der Waals surface area contributed by atoms with Crippen molar-refractivity contribution in [2.24, 2.45) is 0 Å². The predicted molar refractivity (Wildman–Crippen MR) is 65.6 cm³/mol. The molecule has 1 nitrogen and oxygen atoms in total. The van der Waals surface area contributed by atoms with Crippen molar-refractivity contribution in [1.29, 1.82) is 0 Å². The van der Waals surface area contributed by atoms with E-state index in [1.165, 1.54) is 12.1 Å². The molecule has 0 aliphatic rings. The first-order valence-corrected chi connectivity index (χ1v) is 5.71. The Kier molecular flexibility index (Phi) is 3.46. The molecule has 0 amide bonds. The van der Waals surface area contributed by atoms with Gasteiger partial charge in [0.2, 0.25) is 0 Å². The third kappa shape index (κ3) is 2.54. The van der Waals surface area contributed by atoms with Crippen LogP contribution in [-0.4, -0.2) is 0 Å². The standard InChI is InChI=1S/C12H7BrClFO/c13-10-2-1-3-11(14)12(10)16-9-6-4-8(15)5-7-9/h1-7H. The Labute approximate surface area is 106 Å². The molecule has 0 heterocycles. The fraction of sp³-hybridized carbons (Fsp3) is 0. The maximum Gasteiger partial charge on any atom is 0.160 e. The minimum absolute atomic E-state index is 0.300. The van der Waals surface area contributed by atoms with Crippen LogP contribution in [0.15, 0.2) is 46.9 Å². The molecule has 2 aromatic carbocycles. The summed E-state index contributed by atoms with van der Waals surface area (Å²) in [6, 6.07) is 11.1. The highest BCUT2D eigenvalue weighted by Gasteiger charge is 2.07. The third-order valence-electron chi connectivity index (χ3n) is 1.95. The predicted octanol–water partition coefficient (Wildman–Crippen LogP) is 5.03. The van der Waals surface area contributed by atoms with E-state index >= 15 is 0 Å². The normalized spacial score (nSPS) is 10.2. The van der Waals surface area contributed by atoms with Crippen LogP contribution >= 0.6 is 27.5 Å². The summed E-state index contributed by atoms with van der Waals surface area (Å²) < 4.78 is 19.0. The molecule has 0 fully saturated rings. The molecule has 2 aromatic rings. The van der Waals surface area contributed by atoms with Gasteiger partial charge < -0.3 is 4.74 Å². The largest absolute Gasteiger partial charge is 0.455 e. The molecular weight excluding hydrogens is 294 g/mol. The van der Waals surface area contributed by atoms with Crippen molar-refractivity contribution in [2.75, 3.05) is 0 Å². The molecule has 16 heavy (non-hydrogen) atoms. The summed E-state index contributed by atoms with van der Waals surface area (Å²) in [5.41, 5.74) is 0. The molecule has 0 bridgehead atoms. The number of halogens is 3. The summed E-state index contributed by atoms with van der Waals surface area (Å²) >= 11 is 9.32.